The Balaban J connectivity index is 1.73. The third-order valence-electron chi connectivity index (χ3n) is 4.29. The predicted octanol–water partition coefficient (Wildman–Crippen LogP) is 6.18. The maximum atomic E-state index is 12.4. The summed E-state index contributed by atoms with van der Waals surface area (Å²) in [5, 5.41) is 3.59. The van der Waals surface area contributed by atoms with E-state index in [4.69, 9.17) is 27.9 Å². The number of amides is 1. The van der Waals surface area contributed by atoms with Crippen molar-refractivity contribution in [3.05, 3.63) is 69.1 Å². The molecule has 1 aromatic heterocycles. The van der Waals surface area contributed by atoms with E-state index < -0.39 is 0 Å². The van der Waals surface area contributed by atoms with Crippen LogP contribution in [0.3, 0.4) is 0 Å². The van der Waals surface area contributed by atoms with Gasteiger partial charge in [0.1, 0.15) is 23.1 Å². The van der Waals surface area contributed by atoms with Gasteiger partial charge in [0.25, 0.3) is 5.91 Å². The van der Waals surface area contributed by atoms with Gasteiger partial charge < -0.3 is 9.64 Å². The van der Waals surface area contributed by atoms with Gasteiger partial charge in [-0.15, -0.1) is 11.3 Å². The standard InChI is InChI=1S/C21H20Cl2N2O2S/c1-13(2)25(3)21(26)19-12-28-20(24-19)15-5-4-6-16(10-15)27-11-14-7-8-17(22)18(23)9-14/h4-10,12-13H,11H2,1-3H3. The van der Waals surface area contributed by atoms with Gasteiger partial charge in [0.2, 0.25) is 0 Å². The molecule has 4 nitrogen and oxygen atoms in total. The minimum atomic E-state index is -0.0791. The Morgan fingerprint density at radius 3 is 2.68 bits per heavy atom. The second kappa shape index (κ2) is 8.95. The molecule has 7 heteroatoms. The highest BCUT2D eigenvalue weighted by molar-refractivity contribution is 7.13. The Labute approximate surface area is 178 Å². The first-order chi connectivity index (χ1) is 13.3. The molecule has 2 aromatic carbocycles. The van der Waals surface area contributed by atoms with E-state index >= 15 is 0 Å². The molecule has 0 N–H and O–H groups in total. The van der Waals surface area contributed by atoms with Gasteiger partial charge in [0.15, 0.2) is 0 Å². The molecule has 28 heavy (non-hydrogen) atoms. The summed E-state index contributed by atoms with van der Waals surface area (Å²) in [5.41, 5.74) is 2.29. The van der Waals surface area contributed by atoms with Crippen LogP contribution in [0.1, 0.15) is 29.9 Å². The fourth-order valence-electron chi connectivity index (χ4n) is 2.43. The van der Waals surface area contributed by atoms with Crippen molar-refractivity contribution in [3.8, 4) is 16.3 Å². The van der Waals surface area contributed by atoms with Crippen LogP contribution in [-0.4, -0.2) is 28.9 Å². The maximum absolute atomic E-state index is 12.4. The van der Waals surface area contributed by atoms with E-state index in [1.54, 1.807) is 29.5 Å². The molecule has 0 radical (unpaired) electrons. The average molecular weight is 435 g/mol. The number of halogens is 2. The predicted molar refractivity (Wildman–Crippen MR) is 116 cm³/mol. The molecule has 1 heterocycles. The molecule has 3 aromatic rings. The Bertz CT molecular complexity index is 988. The summed E-state index contributed by atoms with van der Waals surface area (Å²) in [6.07, 6.45) is 0. The van der Waals surface area contributed by atoms with Gasteiger partial charge in [-0.25, -0.2) is 4.98 Å². The fourth-order valence-corrected chi connectivity index (χ4v) is 3.55. The van der Waals surface area contributed by atoms with E-state index in [2.05, 4.69) is 4.98 Å². The van der Waals surface area contributed by atoms with Crippen LogP contribution in [-0.2, 0) is 6.61 Å². The van der Waals surface area contributed by atoms with E-state index in [0.29, 0.717) is 28.1 Å². The summed E-state index contributed by atoms with van der Waals surface area (Å²) in [6.45, 7) is 4.32. The lowest BCUT2D eigenvalue weighted by atomic mass is 10.2. The van der Waals surface area contributed by atoms with Crippen LogP contribution < -0.4 is 4.74 Å². The molecular formula is C21H20Cl2N2O2S. The molecule has 0 aliphatic carbocycles. The van der Waals surface area contributed by atoms with Crippen molar-refractivity contribution in [2.24, 2.45) is 0 Å². The molecule has 0 aliphatic rings. The van der Waals surface area contributed by atoms with Gasteiger partial charge in [-0.3, -0.25) is 4.79 Å². The highest BCUT2D eigenvalue weighted by atomic mass is 35.5. The summed E-state index contributed by atoms with van der Waals surface area (Å²) in [7, 11) is 1.78. The summed E-state index contributed by atoms with van der Waals surface area (Å²) >= 11 is 13.4. The van der Waals surface area contributed by atoms with Crippen LogP contribution in [0, 0.1) is 0 Å². The van der Waals surface area contributed by atoms with Crippen molar-refractivity contribution in [1.82, 2.24) is 9.88 Å². The van der Waals surface area contributed by atoms with Gasteiger partial charge in [0.05, 0.1) is 10.0 Å². The topological polar surface area (TPSA) is 42.4 Å². The third kappa shape index (κ3) is 4.85. The molecule has 0 saturated carbocycles. The first-order valence-electron chi connectivity index (χ1n) is 8.75. The zero-order chi connectivity index (χ0) is 20.3. The van der Waals surface area contributed by atoms with E-state index in [1.165, 1.54) is 11.3 Å². The zero-order valence-electron chi connectivity index (χ0n) is 15.8. The van der Waals surface area contributed by atoms with Gasteiger partial charge in [-0.05, 0) is 43.7 Å². The number of thiazole rings is 1. The fraction of sp³-hybridized carbons (Fsp3) is 0.238. The maximum Gasteiger partial charge on any atom is 0.273 e. The van der Waals surface area contributed by atoms with Gasteiger partial charge in [0, 0.05) is 24.0 Å². The quantitative estimate of drug-likeness (QED) is 0.465. The molecule has 0 bridgehead atoms. The number of rotatable bonds is 6. The highest BCUT2D eigenvalue weighted by Gasteiger charge is 2.18. The molecule has 146 valence electrons. The molecule has 0 unspecified atom stereocenters. The Hall–Kier alpha value is -2.08. The molecule has 3 rings (SSSR count). The Morgan fingerprint density at radius 1 is 1.18 bits per heavy atom. The first kappa shape index (κ1) is 20.6. The summed E-state index contributed by atoms with van der Waals surface area (Å²) in [4.78, 5) is 18.6. The second-order valence-electron chi connectivity index (χ2n) is 6.61. The number of aromatic nitrogens is 1. The SMILES string of the molecule is CC(C)N(C)C(=O)c1csc(-c2cccc(OCc3ccc(Cl)c(Cl)c3)c2)n1. The number of hydrogen-bond acceptors (Lipinski definition) is 4. The van der Waals surface area contributed by atoms with Crippen molar-refractivity contribution in [2.75, 3.05) is 7.05 Å². The molecular weight excluding hydrogens is 415 g/mol. The summed E-state index contributed by atoms with van der Waals surface area (Å²) < 4.78 is 5.87. The number of benzene rings is 2. The monoisotopic (exact) mass is 434 g/mol. The van der Waals surface area contributed by atoms with E-state index in [1.807, 2.05) is 44.2 Å². The van der Waals surface area contributed by atoms with Crippen molar-refractivity contribution in [3.63, 3.8) is 0 Å². The largest absolute Gasteiger partial charge is 0.489 e. The lowest BCUT2D eigenvalue weighted by Crippen LogP contribution is -2.33. The second-order valence-corrected chi connectivity index (χ2v) is 8.29. The summed E-state index contributed by atoms with van der Waals surface area (Å²) in [5.74, 6) is 0.635. The van der Waals surface area contributed by atoms with Crippen molar-refractivity contribution >= 4 is 40.4 Å². The van der Waals surface area contributed by atoms with Crippen LogP contribution in [0.25, 0.3) is 10.6 Å². The third-order valence-corrected chi connectivity index (χ3v) is 5.92. The van der Waals surface area contributed by atoms with Gasteiger partial charge >= 0.3 is 0 Å². The normalized spacial score (nSPS) is 10.9. The molecule has 0 fully saturated rings. The van der Waals surface area contributed by atoms with Crippen LogP contribution in [0.2, 0.25) is 10.0 Å². The van der Waals surface area contributed by atoms with E-state index in [0.717, 1.165) is 16.1 Å². The van der Waals surface area contributed by atoms with Crippen molar-refractivity contribution < 1.29 is 9.53 Å². The molecule has 0 atom stereocenters. The molecule has 1 amide bonds. The number of ether oxygens (including phenoxy) is 1. The molecule has 0 saturated heterocycles. The van der Waals surface area contributed by atoms with Crippen LogP contribution in [0.4, 0.5) is 0 Å². The minimum Gasteiger partial charge on any atom is -0.489 e. The molecule has 0 aliphatic heterocycles. The zero-order valence-corrected chi connectivity index (χ0v) is 18.1. The average Bonchev–Trinajstić information content (AvgIpc) is 3.18. The number of nitrogens with zero attached hydrogens (tertiary/aromatic N) is 2. The van der Waals surface area contributed by atoms with E-state index in [9.17, 15) is 4.79 Å². The molecule has 0 spiro atoms. The van der Waals surface area contributed by atoms with Gasteiger partial charge in [-0.2, -0.15) is 0 Å². The lowest BCUT2D eigenvalue weighted by molar-refractivity contribution is 0.0750. The number of hydrogen-bond donors (Lipinski definition) is 0. The smallest absolute Gasteiger partial charge is 0.273 e. The Morgan fingerprint density at radius 2 is 1.96 bits per heavy atom. The van der Waals surface area contributed by atoms with Crippen molar-refractivity contribution in [2.45, 2.75) is 26.5 Å². The van der Waals surface area contributed by atoms with Gasteiger partial charge in [-0.1, -0.05) is 41.4 Å². The van der Waals surface area contributed by atoms with E-state index in [-0.39, 0.29) is 11.9 Å². The lowest BCUT2D eigenvalue weighted by Gasteiger charge is -2.19. The van der Waals surface area contributed by atoms with Crippen LogP contribution in [0.5, 0.6) is 5.75 Å². The minimum absolute atomic E-state index is 0.0791. The highest BCUT2D eigenvalue weighted by Crippen LogP contribution is 2.28. The van der Waals surface area contributed by atoms with Crippen LogP contribution in [0.15, 0.2) is 47.8 Å². The first-order valence-corrected chi connectivity index (χ1v) is 10.4. The Kier molecular flexibility index (Phi) is 6.60. The van der Waals surface area contributed by atoms with Crippen LogP contribution >= 0.6 is 34.5 Å². The summed E-state index contributed by atoms with van der Waals surface area (Å²) in [6, 6.07) is 13.2. The number of carbonyl (C=O) groups excluding carboxylic acids is 1. The van der Waals surface area contributed by atoms with Crippen molar-refractivity contribution in [1.29, 1.82) is 0 Å². The number of carbonyl (C=O) groups is 1.